The molecule has 2 aromatic carbocycles. The monoisotopic (exact) mass is 347 g/mol. The largest absolute Gasteiger partial charge is 0.493 e. The first kappa shape index (κ1) is 17.2. The molecule has 0 unspecified atom stereocenters. The minimum absolute atomic E-state index is 0.144. The number of methoxy groups -OCH3 is 2. The predicted molar refractivity (Wildman–Crippen MR) is 96.1 cm³/mol. The van der Waals surface area contributed by atoms with Crippen molar-refractivity contribution in [3.05, 3.63) is 66.0 Å². The van der Waals surface area contributed by atoms with Crippen LogP contribution < -0.4 is 14.2 Å². The van der Waals surface area contributed by atoms with E-state index in [9.17, 15) is 5.26 Å². The van der Waals surface area contributed by atoms with E-state index >= 15 is 0 Å². The molecule has 0 saturated heterocycles. The summed E-state index contributed by atoms with van der Waals surface area (Å²) >= 11 is 0. The number of rotatable bonds is 6. The van der Waals surface area contributed by atoms with Crippen molar-refractivity contribution in [1.29, 1.82) is 5.26 Å². The Morgan fingerprint density at radius 3 is 2.46 bits per heavy atom. The molecule has 0 aliphatic carbocycles. The van der Waals surface area contributed by atoms with Gasteiger partial charge in [0.15, 0.2) is 11.5 Å². The van der Waals surface area contributed by atoms with Crippen molar-refractivity contribution in [1.82, 2.24) is 9.97 Å². The highest BCUT2D eigenvalue weighted by atomic mass is 16.5. The second-order valence-corrected chi connectivity index (χ2v) is 5.36. The topological polar surface area (TPSA) is 77.3 Å². The molecule has 0 atom stereocenters. The van der Waals surface area contributed by atoms with E-state index < -0.39 is 0 Å². The minimum atomic E-state index is 0.144. The third kappa shape index (κ3) is 3.73. The predicted octanol–water partition coefficient (Wildman–Crippen LogP) is 3.61. The molecular weight excluding hydrogens is 330 g/mol. The van der Waals surface area contributed by atoms with Gasteiger partial charge in [0.1, 0.15) is 12.7 Å². The lowest BCUT2D eigenvalue weighted by molar-refractivity contribution is 0.292. The van der Waals surface area contributed by atoms with Gasteiger partial charge in [-0.1, -0.05) is 30.3 Å². The van der Waals surface area contributed by atoms with Gasteiger partial charge in [0.2, 0.25) is 5.69 Å². The Morgan fingerprint density at radius 2 is 1.77 bits per heavy atom. The first-order valence-corrected chi connectivity index (χ1v) is 7.91. The van der Waals surface area contributed by atoms with Crippen molar-refractivity contribution < 1.29 is 14.2 Å². The molecule has 0 radical (unpaired) electrons. The van der Waals surface area contributed by atoms with Crippen LogP contribution in [0.5, 0.6) is 17.4 Å². The number of nitrogens with zero attached hydrogens (tertiary/aromatic N) is 3. The molecule has 6 nitrogen and oxygen atoms in total. The molecule has 130 valence electrons. The Kier molecular flexibility index (Phi) is 5.30. The molecule has 1 aromatic heterocycles. The van der Waals surface area contributed by atoms with Crippen molar-refractivity contribution in [3.63, 3.8) is 0 Å². The second-order valence-electron chi connectivity index (χ2n) is 5.36. The van der Waals surface area contributed by atoms with Gasteiger partial charge in [-0.15, -0.1) is 0 Å². The number of hydrogen-bond donors (Lipinski definition) is 0. The van der Waals surface area contributed by atoms with Crippen LogP contribution in [0.3, 0.4) is 0 Å². The Hall–Kier alpha value is -3.59. The van der Waals surface area contributed by atoms with Crippen molar-refractivity contribution in [2.45, 2.75) is 6.61 Å². The first-order chi connectivity index (χ1) is 12.7. The van der Waals surface area contributed by atoms with Crippen molar-refractivity contribution >= 4 is 0 Å². The van der Waals surface area contributed by atoms with Gasteiger partial charge >= 0.3 is 0 Å². The van der Waals surface area contributed by atoms with E-state index in [0.717, 1.165) is 11.1 Å². The van der Waals surface area contributed by atoms with Crippen LogP contribution in [0.2, 0.25) is 0 Å². The van der Waals surface area contributed by atoms with Crippen LogP contribution in [-0.2, 0) is 6.61 Å². The smallest absolute Gasteiger partial charge is 0.252 e. The molecule has 0 aliphatic heterocycles. The molecule has 0 fully saturated rings. The average Bonchev–Trinajstić information content (AvgIpc) is 2.72. The summed E-state index contributed by atoms with van der Waals surface area (Å²) in [6, 6.07) is 17.1. The molecule has 0 N–H and O–H groups in total. The van der Waals surface area contributed by atoms with Crippen LogP contribution in [0.15, 0.2) is 54.7 Å². The van der Waals surface area contributed by atoms with Crippen LogP contribution in [-0.4, -0.2) is 24.2 Å². The molecule has 0 saturated carbocycles. The molecule has 0 bridgehead atoms. The molecule has 3 aromatic rings. The van der Waals surface area contributed by atoms with Crippen LogP contribution in [0, 0.1) is 11.3 Å². The molecule has 3 rings (SSSR count). The van der Waals surface area contributed by atoms with Crippen LogP contribution in [0.4, 0.5) is 0 Å². The van der Waals surface area contributed by atoms with Gasteiger partial charge in [-0.05, 0) is 23.8 Å². The zero-order chi connectivity index (χ0) is 18.4. The third-order valence-corrected chi connectivity index (χ3v) is 3.74. The van der Waals surface area contributed by atoms with E-state index in [0.29, 0.717) is 23.8 Å². The lowest BCUT2D eigenvalue weighted by Gasteiger charge is -2.11. The van der Waals surface area contributed by atoms with Gasteiger partial charge < -0.3 is 14.2 Å². The molecule has 26 heavy (non-hydrogen) atoms. The van der Waals surface area contributed by atoms with E-state index in [2.05, 4.69) is 9.97 Å². The van der Waals surface area contributed by atoms with E-state index in [1.807, 2.05) is 42.5 Å². The number of benzene rings is 2. The van der Waals surface area contributed by atoms with Gasteiger partial charge in [0.05, 0.1) is 26.1 Å². The van der Waals surface area contributed by atoms with Crippen molar-refractivity contribution in [3.8, 4) is 34.7 Å². The molecule has 0 spiro atoms. The van der Waals surface area contributed by atoms with Crippen molar-refractivity contribution in [2.24, 2.45) is 0 Å². The van der Waals surface area contributed by atoms with Gasteiger partial charge in [-0.25, -0.2) is 9.97 Å². The fourth-order valence-electron chi connectivity index (χ4n) is 2.41. The lowest BCUT2D eigenvalue weighted by Crippen LogP contribution is -2.02. The highest BCUT2D eigenvalue weighted by Gasteiger charge is 2.12. The fraction of sp³-hybridized carbons (Fsp3) is 0.150. The molecular formula is C20H17N3O3. The van der Waals surface area contributed by atoms with Gasteiger partial charge in [-0.2, -0.15) is 5.26 Å². The summed E-state index contributed by atoms with van der Waals surface area (Å²) in [6.07, 6.45) is 1.54. The van der Waals surface area contributed by atoms with Crippen molar-refractivity contribution in [2.75, 3.05) is 14.2 Å². The summed E-state index contributed by atoms with van der Waals surface area (Å²) in [7, 11) is 3.15. The Bertz CT molecular complexity index is 937. The quantitative estimate of drug-likeness (QED) is 0.678. The number of ether oxygens (including phenoxy) is 3. The van der Waals surface area contributed by atoms with Crippen LogP contribution >= 0.6 is 0 Å². The maximum Gasteiger partial charge on any atom is 0.252 e. The summed E-state index contributed by atoms with van der Waals surface area (Å²) in [5.41, 5.74) is 2.48. The van der Waals surface area contributed by atoms with Crippen LogP contribution in [0.25, 0.3) is 11.3 Å². The van der Waals surface area contributed by atoms with E-state index in [4.69, 9.17) is 14.2 Å². The lowest BCUT2D eigenvalue weighted by atomic mass is 10.1. The highest BCUT2D eigenvalue weighted by molar-refractivity contribution is 5.64. The van der Waals surface area contributed by atoms with Gasteiger partial charge in [0, 0.05) is 5.56 Å². The standard InChI is InChI=1S/C20H17N3O3/c1-24-18-9-8-15(10-19(18)25-2)17-12-22-16(11-21)20(23-17)26-13-14-6-4-3-5-7-14/h3-10,12H,13H2,1-2H3. The minimum Gasteiger partial charge on any atom is -0.493 e. The third-order valence-electron chi connectivity index (χ3n) is 3.74. The maximum absolute atomic E-state index is 9.26. The number of aromatic nitrogens is 2. The van der Waals surface area contributed by atoms with Crippen LogP contribution in [0.1, 0.15) is 11.3 Å². The Balaban J connectivity index is 1.91. The van der Waals surface area contributed by atoms with E-state index in [-0.39, 0.29) is 11.6 Å². The summed E-state index contributed by atoms with van der Waals surface area (Å²) in [5.74, 6) is 1.41. The Labute approximate surface area is 151 Å². The zero-order valence-corrected chi connectivity index (χ0v) is 14.5. The Morgan fingerprint density at radius 1 is 1.00 bits per heavy atom. The normalized spacial score (nSPS) is 10.0. The maximum atomic E-state index is 9.26. The summed E-state index contributed by atoms with van der Waals surface area (Å²) in [5, 5.41) is 9.26. The molecule has 0 aliphatic rings. The first-order valence-electron chi connectivity index (χ1n) is 7.91. The molecule has 1 heterocycles. The molecule has 6 heteroatoms. The second kappa shape index (κ2) is 7.99. The molecule has 0 amide bonds. The zero-order valence-electron chi connectivity index (χ0n) is 14.5. The number of hydrogen-bond acceptors (Lipinski definition) is 6. The van der Waals surface area contributed by atoms with Gasteiger partial charge in [-0.3, -0.25) is 0 Å². The average molecular weight is 347 g/mol. The summed E-state index contributed by atoms with van der Waals surface area (Å²) < 4.78 is 16.3. The summed E-state index contributed by atoms with van der Waals surface area (Å²) in [6.45, 7) is 0.305. The van der Waals surface area contributed by atoms with Gasteiger partial charge in [0.25, 0.3) is 5.88 Å². The highest BCUT2D eigenvalue weighted by Crippen LogP contribution is 2.32. The number of nitriles is 1. The van der Waals surface area contributed by atoms with E-state index in [1.165, 1.54) is 6.20 Å². The van der Waals surface area contributed by atoms with E-state index in [1.54, 1.807) is 26.4 Å². The fourth-order valence-corrected chi connectivity index (χ4v) is 2.41. The SMILES string of the molecule is COc1ccc(-c2cnc(C#N)c(OCc3ccccc3)n2)cc1OC. The summed E-state index contributed by atoms with van der Waals surface area (Å²) in [4.78, 5) is 8.62.